The third kappa shape index (κ3) is 2.55. The van der Waals surface area contributed by atoms with Gasteiger partial charge in [-0.05, 0) is 55.7 Å². The Kier molecular flexibility index (Phi) is 3.69. The summed E-state index contributed by atoms with van der Waals surface area (Å²) in [4.78, 5) is 8.56. The van der Waals surface area contributed by atoms with Crippen LogP contribution in [0.5, 0.6) is 0 Å². The lowest BCUT2D eigenvalue weighted by Gasteiger charge is -2.19. The molecule has 0 radical (unpaired) electrons. The maximum atomic E-state index is 5.71. The fraction of sp³-hybridized carbons (Fsp3) is 0.286. The summed E-state index contributed by atoms with van der Waals surface area (Å²) in [5, 5.41) is 0. The second-order valence-corrected chi connectivity index (χ2v) is 4.52. The van der Waals surface area contributed by atoms with Gasteiger partial charge >= 0.3 is 0 Å². The molecule has 4 heteroatoms. The first-order valence-electron chi connectivity index (χ1n) is 5.93. The molecule has 1 atom stereocenters. The molecule has 0 spiro atoms. The zero-order valence-corrected chi connectivity index (χ0v) is 10.9. The molecule has 1 unspecified atom stereocenters. The predicted octanol–water partition coefficient (Wildman–Crippen LogP) is 1.95. The zero-order chi connectivity index (χ0) is 13.1. The van der Waals surface area contributed by atoms with E-state index in [4.69, 9.17) is 5.84 Å². The Labute approximate surface area is 107 Å². The number of rotatable bonds is 3. The van der Waals surface area contributed by atoms with Crippen LogP contribution >= 0.6 is 0 Å². The quantitative estimate of drug-likeness (QED) is 0.638. The fourth-order valence-corrected chi connectivity index (χ4v) is 2.18. The Morgan fingerprint density at radius 2 is 1.83 bits per heavy atom. The van der Waals surface area contributed by atoms with Gasteiger partial charge in [-0.25, -0.2) is 5.43 Å². The summed E-state index contributed by atoms with van der Waals surface area (Å²) in [6.07, 6.45) is 3.64. The minimum absolute atomic E-state index is 0.0564. The summed E-state index contributed by atoms with van der Waals surface area (Å²) in [5.41, 5.74) is 8.21. The average molecular weight is 242 g/mol. The van der Waals surface area contributed by atoms with E-state index < -0.39 is 0 Å². The van der Waals surface area contributed by atoms with Crippen LogP contribution in [0.2, 0.25) is 0 Å². The summed E-state index contributed by atoms with van der Waals surface area (Å²) in [5.74, 6) is 5.71. The molecule has 0 saturated heterocycles. The number of hydrogen-bond donors (Lipinski definition) is 2. The first kappa shape index (κ1) is 12.7. The van der Waals surface area contributed by atoms with Gasteiger partial charge < -0.3 is 0 Å². The van der Waals surface area contributed by atoms with Crippen molar-refractivity contribution in [1.29, 1.82) is 0 Å². The molecule has 0 aliphatic heterocycles. The summed E-state index contributed by atoms with van der Waals surface area (Å²) >= 11 is 0. The van der Waals surface area contributed by atoms with Crippen molar-refractivity contribution in [3.63, 3.8) is 0 Å². The van der Waals surface area contributed by atoms with E-state index in [1.807, 2.05) is 38.2 Å². The smallest absolute Gasteiger partial charge is 0.0728 e. The second-order valence-electron chi connectivity index (χ2n) is 4.52. The van der Waals surface area contributed by atoms with Gasteiger partial charge in [0.05, 0.1) is 6.04 Å². The first-order valence-corrected chi connectivity index (χ1v) is 5.93. The highest BCUT2D eigenvalue weighted by molar-refractivity contribution is 5.35. The Morgan fingerprint density at radius 1 is 1.17 bits per heavy atom. The topological polar surface area (TPSA) is 63.8 Å². The molecule has 0 fully saturated rings. The molecule has 94 valence electrons. The average Bonchev–Trinajstić information content (AvgIpc) is 2.31. The molecule has 0 bridgehead atoms. The summed E-state index contributed by atoms with van der Waals surface area (Å²) in [6, 6.07) is 6.02. The number of nitrogens with two attached hydrogens (primary N) is 1. The van der Waals surface area contributed by atoms with E-state index >= 15 is 0 Å². The van der Waals surface area contributed by atoms with Crippen LogP contribution in [0.25, 0.3) is 0 Å². The van der Waals surface area contributed by atoms with Gasteiger partial charge in [0.15, 0.2) is 0 Å². The minimum atomic E-state index is -0.0564. The van der Waals surface area contributed by atoms with Gasteiger partial charge in [0.25, 0.3) is 0 Å². The van der Waals surface area contributed by atoms with E-state index in [0.717, 1.165) is 22.5 Å². The van der Waals surface area contributed by atoms with Crippen LogP contribution in [-0.4, -0.2) is 9.97 Å². The number of aryl methyl sites for hydroxylation is 3. The molecule has 4 nitrogen and oxygen atoms in total. The highest BCUT2D eigenvalue weighted by atomic mass is 15.2. The lowest BCUT2D eigenvalue weighted by Crippen LogP contribution is -2.29. The number of aromatic nitrogens is 2. The highest BCUT2D eigenvalue weighted by Crippen LogP contribution is 2.24. The van der Waals surface area contributed by atoms with Crippen LogP contribution in [0.15, 0.2) is 30.6 Å². The molecule has 0 aromatic carbocycles. The van der Waals surface area contributed by atoms with Gasteiger partial charge in [0, 0.05) is 23.8 Å². The Morgan fingerprint density at radius 3 is 2.39 bits per heavy atom. The van der Waals surface area contributed by atoms with Crippen LogP contribution in [0.4, 0.5) is 0 Å². The first-order chi connectivity index (χ1) is 8.61. The summed E-state index contributed by atoms with van der Waals surface area (Å²) < 4.78 is 0. The maximum Gasteiger partial charge on any atom is 0.0728 e. The maximum absolute atomic E-state index is 5.71. The van der Waals surface area contributed by atoms with Crippen molar-refractivity contribution in [2.45, 2.75) is 26.8 Å². The molecule has 0 aliphatic rings. The van der Waals surface area contributed by atoms with Gasteiger partial charge in [-0.1, -0.05) is 0 Å². The van der Waals surface area contributed by atoms with Crippen molar-refractivity contribution in [3.05, 3.63) is 58.7 Å². The molecule has 0 aliphatic carbocycles. The van der Waals surface area contributed by atoms with Crippen LogP contribution in [0, 0.1) is 20.8 Å². The zero-order valence-electron chi connectivity index (χ0n) is 10.9. The summed E-state index contributed by atoms with van der Waals surface area (Å²) in [7, 11) is 0. The van der Waals surface area contributed by atoms with Crippen LogP contribution in [0.3, 0.4) is 0 Å². The van der Waals surface area contributed by atoms with E-state index in [1.54, 1.807) is 6.20 Å². The van der Waals surface area contributed by atoms with Crippen LogP contribution in [0.1, 0.15) is 34.1 Å². The van der Waals surface area contributed by atoms with Gasteiger partial charge in [0.1, 0.15) is 0 Å². The van der Waals surface area contributed by atoms with Gasteiger partial charge in [-0.3, -0.25) is 15.8 Å². The van der Waals surface area contributed by atoms with Crippen LogP contribution < -0.4 is 11.3 Å². The molecule has 2 heterocycles. The van der Waals surface area contributed by atoms with Crippen molar-refractivity contribution >= 4 is 0 Å². The lowest BCUT2D eigenvalue weighted by atomic mass is 9.97. The van der Waals surface area contributed by atoms with Crippen molar-refractivity contribution < 1.29 is 0 Å². The Balaban J connectivity index is 2.48. The molecule has 0 amide bonds. The van der Waals surface area contributed by atoms with Crippen molar-refractivity contribution in [1.82, 2.24) is 15.4 Å². The van der Waals surface area contributed by atoms with Crippen LogP contribution in [-0.2, 0) is 0 Å². The number of nitrogens with one attached hydrogen (secondary N) is 1. The monoisotopic (exact) mass is 242 g/mol. The van der Waals surface area contributed by atoms with Gasteiger partial charge in [-0.2, -0.15) is 0 Å². The fourth-order valence-electron chi connectivity index (χ4n) is 2.18. The molecular weight excluding hydrogens is 224 g/mol. The SMILES string of the molecule is Cc1cc(C(NN)c2cnccc2C)cc(C)n1. The second kappa shape index (κ2) is 5.25. The lowest BCUT2D eigenvalue weighted by molar-refractivity contribution is 0.629. The standard InChI is InChI=1S/C14H18N4/c1-9-4-5-16-8-13(9)14(18-15)12-6-10(2)17-11(3)7-12/h4-8,14,18H,15H2,1-3H3. The summed E-state index contributed by atoms with van der Waals surface area (Å²) in [6.45, 7) is 6.03. The van der Waals surface area contributed by atoms with E-state index in [9.17, 15) is 0 Å². The van der Waals surface area contributed by atoms with E-state index in [1.165, 1.54) is 5.56 Å². The molecule has 2 aromatic rings. The van der Waals surface area contributed by atoms with Gasteiger partial charge in [0.2, 0.25) is 0 Å². The molecular formula is C14H18N4. The number of nitrogens with zero attached hydrogens (tertiary/aromatic N) is 2. The normalized spacial score (nSPS) is 12.4. The van der Waals surface area contributed by atoms with E-state index in [0.29, 0.717) is 0 Å². The largest absolute Gasteiger partial charge is 0.271 e. The van der Waals surface area contributed by atoms with E-state index in [-0.39, 0.29) is 6.04 Å². The Hall–Kier alpha value is -1.78. The Bertz CT molecular complexity index is 531. The predicted molar refractivity (Wildman–Crippen MR) is 71.9 cm³/mol. The molecule has 0 saturated carbocycles. The highest BCUT2D eigenvalue weighted by Gasteiger charge is 2.15. The van der Waals surface area contributed by atoms with E-state index in [2.05, 4.69) is 22.3 Å². The van der Waals surface area contributed by atoms with Crippen molar-refractivity contribution in [2.75, 3.05) is 0 Å². The minimum Gasteiger partial charge on any atom is -0.271 e. The molecule has 2 aromatic heterocycles. The van der Waals surface area contributed by atoms with Crippen molar-refractivity contribution in [2.24, 2.45) is 5.84 Å². The number of pyridine rings is 2. The molecule has 3 N–H and O–H groups in total. The number of hydrogen-bond acceptors (Lipinski definition) is 4. The molecule has 2 rings (SSSR count). The van der Waals surface area contributed by atoms with Gasteiger partial charge in [-0.15, -0.1) is 0 Å². The third-order valence-electron chi connectivity index (χ3n) is 2.99. The van der Waals surface area contributed by atoms with Crippen molar-refractivity contribution in [3.8, 4) is 0 Å². The third-order valence-corrected chi connectivity index (χ3v) is 2.99. The molecule has 18 heavy (non-hydrogen) atoms. The number of hydrazine groups is 1.